The van der Waals surface area contributed by atoms with Gasteiger partial charge in [0.15, 0.2) is 23.0 Å². The molecule has 0 atom stereocenters. The number of carbonyl (C=O) groups excluding carboxylic acids is 1. The Morgan fingerprint density at radius 2 is 1.84 bits per heavy atom. The lowest BCUT2D eigenvalue weighted by Gasteiger charge is -2.19. The largest absolute Gasteiger partial charge is 0.493 e. The number of rotatable bonds is 6. The molecular weight excluding hydrogens is 488 g/mol. The molecule has 7 nitrogen and oxygen atoms in total. The van der Waals surface area contributed by atoms with Crippen LogP contribution in [-0.4, -0.2) is 50.3 Å². The van der Waals surface area contributed by atoms with Gasteiger partial charge in [-0.2, -0.15) is 0 Å². The Morgan fingerprint density at radius 1 is 1.05 bits per heavy atom. The van der Waals surface area contributed by atoms with Crippen LogP contribution in [-0.2, 0) is 11.3 Å². The third kappa shape index (κ3) is 4.97. The molecule has 0 radical (unpaired) electrons. The minimum atomic E-state index is -0.0602. The summed E-state index contributed by atoms with van der Waals surface area (Å²) in [7, 11) is 4.85. The fraction of sp³-hybridized carbons (Fsp3) is 0.241. The fourth-order valence-electron chi connectivity index (χ4n) is 4.49. The molecule has 0 saturated carbocycles. The van der Waals surface area contributed by atoms with Crippen molar-refractivity contribution in [2.45, 2.75) is 13.5 Å². The standard InChI is InChI=1S/C29H28N2O5S/c1-18-12-23(30-24-16-26(34-3)25(33-2)15-22(18)24)19-13-20-17-31(9-10-36-29(20)27(14-19)35-4)28(32)8-7-21-6-5-11-37-21/h5-8,11-16H,9-10,17H2,1-4H3. The number of ether oxygens (including phenoxy) is 4. The molecule has 1 amide bonds. The van der Waals surface area contributed by atoms with E-state index < -0.39 is 0 Å². The third-order valence-corrected chi connectivity index (χ3v) is 7.22. The maximum Gasteiger partial charge on any atom is 0.247 e. The van der Waals surface area contributed by atoms with Gasteiger partial charge in [-0.05, 0) is 54.3 Å². The van der Waals surface area contributed by atoms with Crippen molar-refractivity contribution in [1.82, 2.24) is 9.88 Å². The molecule has 0 spiro atoms. The van der Waals surface area contributed by atoms with Crippen LogP contribution in [0, 0.1) is 6.92 Å². The maximum atomic E-state index is 13.0. The smallest absolute Gasteiger partial charge is 0.247 e. The predicted molar refractivity (Wildman–Crippen MR) is 146 cm³/mol. The highest BCUT2D eigenvalue weighted by atomic mass is 32.1. The highest BCUT2D eigenvalue weighted by Crippen LogP contribution is 2.40. The van der Waals surface area contributed by atoms with Crippen LogP contribution in [0.4, 0.5) is 0 Å². The molecule has 3 heterocycles. The average Bonchev–Trinajstić information content (AvgIpc) is 3.35. The number of benzene rings is 2. The molecule has 0 N–H and O–H groups in total. The van der Waals surface area contributed by atoms with E-state index in [2.05, 4.69) is 0 Å². The molecule has 4 aromatic rings. The van der Waals surface area contributed by atoms with Crippen LogP contribution in [0.25, 0.3) is 28.2 Å². The molecule has 37 heavy (non-hydrogen) atoms. The van der Waals surface area contributed by atoms with Gasteiger partial charge in [-0.1, -0.05) is 6.07 Å². The first-order valence-electron chi connectivity index (χ1n) is 11.9. The number of nitrogens with zero attached hydrogens (tertiary/aromatic N) is 2. The summed E-state index contributed by atoms with van der Waals surface area (Å²) in [5.74, 6) is 2.50. The van der Waals surface area contributed by atoms with Crippen LogP contribution in [0.1, 0.15) is 16.0 Å². The number of aryl methyl sites for hydroxylation is 1. The van der Waals surface area contributed by atoms with Gasteiger partial charge in [0.25, 0.3) is 0 Å². The highest BCUT2D eigenvalue weighted by Gasteiger charge is 2.23. The first-order chi connectivity index (χ1) is 18.0. The Balaban J connectivity index is 1.53. The minimum absolute atomic E-state index is 0.0602. The fourth-order valence-corrected chi connectivity index (χ4v) is 5.10. The van der Waals surface area contributed by atoms with Crippen LogP contribution < -0.4 is 18.9 Å². The van der Waals surface area contributed by atoms with Crippen molar-refractivity contribution in [3.63, 3.8) is 0 Å². The highest BCUT2D eigenvalue weighted by molar-refractivity contribution is 7.10. The number of methoxy groups -OCH3 is 3. The lowest BCUT2D eigenvalue weighted by molar-refractivity contribution is -0.126. The van der Waals surface area contributed by atoms with Crippen LogP contribution >= 0.6 is 11.3 Å². The van der Waals surface area contributed by atoms with Crippen LogP contribution in [0.2, 0.25) is 0 Å². The van der Waals surface area contributed by atoms with Crippen molar-refractivity contribution < 1.29 is 23.7 Å². The molecule has 190 valence electrons. The van der Waals surface area contributed by atoms with Crippen molar-refractivity contribution in [2.24, 2.45) is 0 Å². The summed E-state index contributed by atoms with van der Waals surface area (Å²) in [6, 6.07) is 13.8. The summed E-state index contributed by atoms with van der Waals surface area (Å²) in [6.07, 6.45) is 3.47. The van der Waals surface area contributed by atoms with Crippen LogP contribution in [0.15, 0.2) is 53.9 Å². The number of aromatic nitrogens is 1. The molecule has 0 saturated heterocycles. The predicted octanol–water partition coefficient (Wildman–Crippen LogP) is 5.73. The molecule has 5 rings (SSSR count). The number of fused-ring (bicyclic) bond motifs is 2. The number of amides is 1. The summed E-state index contributed by atoms with van der Waals surface area (Å²) in [6.45, 7) is 3.32. The van der Waals surface area contributed by atoms with Crippen molar-refractivity contribution in [3.8, 4) is 34.3 Å². The second-order valence-corrected chi connectivity index (χ2v) is 9.65. The van der Waals surface area contributed by atoms with E-state index in [-0.39, 0.29) is 5.91 Å². The van der Waals surface area contributed by atoms with E-state index >= 15 is 0 Å². The summed E-state index contributed by atoms with van der Waals surface area (Å²) < 4.78 is 22.7. The summed E-state index contributed by atoms with van der Waals surface area (Å²) in [5, 5.41) is 2.98. The molecule has 2 aromatic carbocycles. The Kier molecular flexibility index (Phi) is 7.01. The van der Waals surface area contributed by atoms with Gasteiger partial charge in [-0.15, -0.1) is 11.3 Å². The molecule has 1 aliphatic rings. The maximum absolute atomic E-state index is 13.0. The van der Waals surface area contributed by atoms with E-state index in [0.29, 0.717) is 42.7 Å². The van der Waals surface area contributed by atoms with E-state index in [1.54, 1.807) is 43.6 Å². The Hall–Kier alpha value is -4.04. The summed E-state index contributed by atoms with van der Waals surface area (Å²) in [5.41, 5.74) is 4.40. The lowest BCUT2D eigenvalue weighted by Crippen LogP contribution is -2.30. The lowest BCUT2D eigenvalue weighted by atomic mass is 10.0. The first-order valence-corrected chi connectivity index (χ1v) is 12.8. The van der Waals surface area contributed by atoms with Gasteiger partial charge >= 0.3 is 0 Å². The van der Waals surface area contributed by atoms with Gasteiger partial charge in [-0.3, -0.25) is 4.79 Å². The van der Waals surface area contributed by atoms with Gasteiger partial charge in [0.2, 0.25) is 5.91 Å². The average molecular weight is 517 g/mol. The molecule has 0 fully saturated rings. The number of hydrogen-bond acceptors (Lipinski definition) is 7. The van der Waals surface area contributed by atoms with Crippen molar-refractivity contribution in [1.29, 1.82) is 0 Å². The second kappa shape index (κ2) is 10.5. The Labute approximate surface area is 219 Å². The SMILES string of the molecule is COc1cc2nc(-c3cc4c(c(OC)c3)OCCN(C(=O)C=Cc3cccs3)C4)cc(C)c2cc1OC. The monoisotopic (exact) mass is 516 g/mol. The molecular formula is C29H28N2O5S. The first kappa shape index (κ1) is 24.6. The van der Waals surface area contributed by atoms with Crippen molar-refractivity contribution >= 4 is 34.2 Å². The molecule has 0 unspecified atom stereocenters. The normalized spacial score (nSPS) is 13.2. The molecule has 0 bridgehead atoms. The van der Waals surface area contributed by atoms with Gasteiger partial charge < -0.3 is 23.8 Å². The van der Waals surface area contributed by atoms with Crippen LogP contribution in [0.5, 0.6) is 23.0 Å². The van der Waals surface area contributed by atoms with E-state index in [9.17, 15) is 4.79 Å². The van der Waals surface area contributed by atoms with E-state index in [1.165, 1.54) is 0 Å². The van der Waals surface area contributed by atoms with Crippen LogP contribution in [0.3, 0.4) is 0 Å². The molecule has 0 aliphatic carbocycles. The molecule has 2 aromatic heterocycles. The van der Waals surface area contributed by atoms with Gasteiger partial charge in [0.05, 0.1) is 39.1 Å². The zero-order valence-electron chi connectivity index (χ0n) is 21.2. The second-order valence-electron chi connectivity index (χ2n) is 8.67. The van der Waals surface area contributed by atoms with Gasteiger partial charge in [0, 0.05) is 40.1 Å². The molecule has 8 heteroatoms. The minimum Gasteiger partial charge on any atom is -0.493 e. The summed E-state index contributed by atoms with van der Waals surface area (Å²) >= 11 is 1.59. The Morgan fingerprint density at radius 3 is 2.57 bits per heavy atom. The van der Waals surface area contributed by atoms with Gasteiger partial charge in [0.1, 0.15) is 6.61 Å². The number of pyridine rings is 1. The summed E-state index contributed by atoms with van der Waals surface area (Å²) in [4.78, 5) is 20.7. The topological polar surface area (TPSA) is 70.1 Å². The molecule has 1 aliphatic heterocycles. The van der Waals surface area contributed by atoms with E-state index in [1.807, 2.05) is 60.8 Å². The van der Waals surface area contributed by atoms with Crippen molar-refractivity contribution in [2.75, 3.05) is 34.5 Å². The quantitative estimate of drug-likeness (QED) is 0.305. The zero-order valence-corrected chi connectivity index (χ0v) is 22.1. The zero-order chi connectivity index (χ0) is 25.9. The number of hydrogen-bond donors (Lipinski definition) is 0. The number of carbonyl (C=O) groups is 1. The Bertz CT molecular complexity index is 1480. The van der Waals surface area contributed by atoms with Gasteiger partial charge in [-0.25, -0.2) is 4.98 Å². The van der Waals surface area contributed by atoms with E-state index in [4.69, 9.17) is 23.9 Å². The number of thiophene rings is 1. The van der Waals surface area contributed by atoms with E-state index in [0.717, 1.165) is 38.2 Å². The third-order valence-electron chi connectivity index (χ3n) is 6.38. The van der Waals surface area contributed by atoms with Crippen molar-refractivity contribution in [3.05, 3.63) is 69.9 Å².